The number of Topliss-reactive ketones (excluding diaryl/α,β-unsaturated/α-hetero) is 1. The van der Waals surface area contributed by atoms with Gasteiger partial charge in [0.05, 0.1) is 14.2 Å². The molecule has 1 rings (SSSR count). The standard InChI is InChI=1S/C13H16O3/c1-9(10(2)14)7-11-5-6-12(15-3)8-13(11)16-4/h5-6,8H,1,7H2,2-4H3. The average molecular weight is 220 g/mol. The molecule has 0 aliphatic heterocycles. The number of benzene rings is 1. The average Bonchev–Trinajstić information content (AvgIpc) is 2.29. The van der Waals surface area contributed by atoms with Crippen LogP contribution in [0, 0.1) is 0 Å². The van der Waals surface area contributed by atoms with Crippen molar-refractivity contribution in [1.29, 1.82) is 0 Å². The Balaban J connectivity index is 2.96. The van der Waals surface area contributed by atoms with E-state index in [-0.39, 0.29) is 5.78 Å². The summed E-state index contributed by atoms with van der Waals surface area (Å²) in [5.74, 6) is 1.44. The summed E-state index contributed by atoms with van der Waals surface area (Å²) in [5.41, 5.74) is 1.51. The quantitative estimate of drug-likeness (QED) is 0.715. The van der Waals surface area contributed by atoms with Gasteiger partial charge in [-0.3, -0.25) is 4.79 Å². The monoisotopic (exact) mass is 220 g/mol. The van der Waals surface area contributed by atoms with E-state index < -0.39 is 0 Å². The number of allylic oxidation sites excluding steroid dienone is 1. The molecular weight excluding hydrogens is 204 g/mol. The van der Waals surface area contributed by atoms with Gasteiger partial charge in [-0.15, -0.1) is 0 Å². The normalized spacial score (nSPS) is 9.69. The zero-order chi connectivity index (χ0) is 12.1. The summed E-state index contributed by atoms with van der Waals surface area (Å²) in [6.45, 7) is 5.24. The van der Waals surface area contributed by atoms with Crippen LogP contribution in [0.4, 0.5) is 0 Å². The van der Waals surface area contributed by atoms with E-state index in [0.717, 1.165) is 11.3 Å². The number of ether oxygens (including phenoxy) is 2. The minimum atomic E-state index is -0.00197. The predicted octanol–water partition coefficient (Wildman–Crippen LogP) is 2.39. The fraction of sp³-hybridized carbons (Fsp3) is 0.308. The van der Waals surface area contributed by atoms with Crippen LogP contribution in [0.3, 0.4) is 0 Å². The molecule has 0 N–H and O–H groups in total. The molecule has 1 aromatic carbocycles. The van der Waals surface area contributed by atoms with Crippen molar-refractivity contribution in [3.8, 4) is 11.5 Å². The van der Waals surface area contributed by atoms with Crippen LogP contribution in [0.1, 0.15) is 12.5 Å². The third-order valence-electron chi connectivity index (χ3n) is 2.40. The second kappa shape index (κ2) is 5.35. The lowest BCUT2D eigenvalue weighted by atomic mass is 10.0. The predicted molar refractivity (Wildman–Crippen MR) is 63.1 cm³/mol. The van der Waals surface area contributed by atoms with E-state index in [1.54, 1.807) is 20.3 Å². The van der Waals surface area contributed by atoms with E-state index in [4.69, 9.17) is 9.47 Å². The van der Waals surface area contributed by atoms with E-state index in [2.05, 4.69) is 6.58 Å². The van der Waals surface area contributed by atoms with Crippen LogP contribution in [0.2, 0.25) is 0 Å². The van der Waals surface area contributed by atoms with Crippen LogP contribution >= 0.6 is 0 Å². The number of rotatable bonds is 5. The van der Waals surface area contributed by atoms with E-state index in [1.165, 1.54) is 6.92 Å². The van der Waals surface area contributed by atoms with Gasteiger partial charge in [0.15, 0.2) is 5.78 Å². The smallest absolute Gasteiger partial charge is 0.155 e. The highest BCUT2D eigenvalue weighted by Gasteiger charge is 2.08. The van der Waals surface area contributed by atoms with Crippen LogP contribution in [-0.4, -0.2) is 20.0 Å². The molecule has 0 saturated carbocycles. The number of carbonyl (C=O) groups is 1. The summed E-state index contributed by atoms with van der Waals surface area (Å²) in [6.07, 6.45) is 0.502. The van der Waals surface area contributed by atoms with Gasteiger partial charge >= 0.3 is 0 Å². The molecule has 0 aliphatic rings. The number of hydrogen-bond acceptors (Lipinski definition) is 3. The number of ketones is 1. The lowest BCUT2D eigenvalue weighted by molar-refractivity contribution is -0.113. The largest absolute Gasteiger partial charge is 0.497 e. The van der Waals surface area contributed by atoms with Crippen molar-refractivity contribution in [1.82, 2.24) is 0 Å². The summed E-state index contributed by atoms with van der Waals surface area (Å²) in [5, 5.41) is 0. The maximum Gasteiger partial charge on any atom is 0.155 e. The van der Waals surface area contributed by atoms with Crippen LogP contribution in [-0.2, 0) is 11.2 Å². The van der Waals surface area contributed by atoms with Gasteiger partial charge in [0.1, 0.15) is 11.5 Å². The Labute approximate surface area is 95.7 Å². The molecule has 3 heteroatoms. The van der Waals surface area contributed by atoms with Gasteiger partial charge in [0.25, 0.3) is 0 Å². The zero-order valence-electron chi connectivity index (χ0n) is 9.87. The molecular formula is C13H16O3. The summed E-state index contributed by atoms with van der Waals surface area (Å²) in [7, 11) is 3.19. The Bertz CT molecular complexity index is 408. The fourth-order valence-electron chi connectivity index (χ4n) is 1.35. The van der Waals surface area contributed by atoms with Gasteiger partial charge in [-0.05, 0) is 24.1 Å². The molecule has 0 radical (unpaired) electrons. The number of methoxy groups -OCH3 is 2. The molecule has 0 fully saturated rings. The van der Waals surface area contributed by atoms with Crippen molar-refractivity contribution in [2.24, 2.45) is 0 Å². The first kappa shape index (κ1) is 12.3. The molecule has 16 heavy (non-hydrogen) atoms. The first-order chi connectivity index (χ1) is 7.58. The summed E-state index contributed by atoms with van der Waals surface area (Å²) >= 11 is 0. The van der Waals surface area contributed by atoms with Crippen LogP contribution in [0.5, 0.6) is 11.5 Å². The summed E-state index contributed by atoms with van der Waals surface area (Å²) in [4.78, 5) is 11.1. The Morgan fingerprint density at radius 2 is 2.00 bits per heavy atom. The lowest BCUT2D eigenvalue weighted by Gasteiger charge is -2.10. The van der Waals surface area contributed by atoms with Gasteiger partial charge in [-0.1, -0.05) is 12.6 Å². The highest BCUT2D eigenvalue weighted by atomic mass is 16.5. The van der Waals surface area contributed by atoms with Crippen molar-refractivity contribution in [3.63, 3.8) is 0 Å². The molecule has 0 bridgehead atoms. The Hall–Kier alpha value is -1.77. The SMILES string of the molecule is C=C(Cc1ccc(OC)cc1OC)C(C)=O. The maximum absolute atomic E-state index is 11.1. The molecule has 0 aliphatic carbocycles. The van der Waals surface area contributed by atoms with Crippen molar-refractivity contribution in [2.45, 2.75) is 13.3 Å². The van der Waals surface area contributed by atoms with Crippen LogP contribution in [0.25, 0.3) is 0 Å². The number of hydrogen-bond donors (Lipinski definition) is 0. The van der Waals surface area contributed by atoms with Gasteiger partial charge in [-0.2, -0.15) is 0 Å². The molecule has 0 heterocycles. The molecule has 86 valence electrons. The van der Waals surface area contributed by atoms with Crippen LogP contribution < -0.4 is 9.47 Å². The van der Waals surface area contributed by atoms with Crippen LogP contribution in [0.15, 0.2) is 30.4 Å². The molecule has 0 amide bonds. The van der Waals surface area contributed by atoms with Gasteiger partial charge in [0.2, 0.25) is 0 Å². The van der Waals surface area contributed by atoms with E-state index in [1.807, 2.05) is 12.1 Å². The zero-order valence-corrected chi connectivity index (χ0v) is 9.87. The molecule has 1 aromatic rings. The molecule has 0 saturated heterocycles. The Morgan fingerprint density at radius 1 is 1.31 bits per heavy atom. The Kier molecular flexibility index (Phi) is 4.11. The molecule has 0 aromatic heterocycles. The highest BCUT2D eigenvalue weighted by molar-refractivity contribution is 5.93. The highest BCUT2D eigenvalue weighted by Crippen LogP contribution is 2.26. The first-order valence-electron chi connectivity index (χ1n) is 4.98. The maximum atomic E-state index is 11.1. The molecule has 3 nitrogen and oxygen atoms in total. The minimum absolute atomic E-state index is 0.00197. The third kappa shape index (κ3) is 2.86. The number of carbonyl (C=O) groups excluding carboxylic acids is 1. The first-order valence-corrected chi connectivity index (χ1v) is 4.98. The van der Waals surface area contributed by atoms with E-state index in [9.17, 15) is 4.79 Å². The lowest BCUT2D eigenvalue weighted by Crippen LogP contribution is -2.01. The topological polar surface area (TPSA) is 35.5 Å². The summed E-state index contributed by atoms with van der Waals surface area (Å²) < 4.78 is 10.3. The third-order valence-corrected chi connectivity index (χ3v) is 2.40. The van der Waals surface area contributed by atoms with Crippen molar-refractivity contribution >= 4 is 5.78 Å². The molecule has 0 spiro atoms. The van der Waals surface area contributed by atoms with Gasteiger partial charge < -0.3 is 9.47 Å². The van der Waals surface area contributed by atoms with Gasteiger partial charge in [0, 0.05) is 12.5 Å². The molecule has 0 atom stereocenters. The molecule has 0 unspecified atom stereocenters. The van der Waals surface area contributed by atoms with E-state index >= 15 is 0 Å². The van der Waals surface area contributed by atoms with Crippen molar-refractivity contribution in [3.05, 3.63) is 35.9 Å². The van der Waals surface area contributed by atoms with Gasteiger partial charge in [-0.25, -0.2) is 0 Å². The van der Waals surface area contributed by atoms with E-state index in [0.29, 0.717) is 17.7 Å². The van der Waals surface area contributed by atoms with Crippen molar-refractivity contribution in [2.75, 3.05) is 14.2 Å². The summed E-state index contributed by atoms with van der Waals surface area (Å²) in [6, 6.07) is 5.51. The second-order valence-corrected chi connectivity index (χ2v) is 3.51. The fourth-order valence-corrected chi connectivity index (χ4v) is 1.35. The Morgan fingerprint density at radius 3 is 2.50 bits per heavy atom. The van der Waals surface area contributed by atoms with Crippen molar-refractivity contribution < 1.29 is 14.3 Å². The second-order valence-electron chi connectivity index (χ2n) is 3.51. The minimum Gasteiger partial charge on any atom is -0.497 e.